The van der Waals surface area contributed by atoms with Crippen molar-refractivity contribution in [3.05, 3.63) is 80.5 Å². The van der Waals surface area contributed by atoms with Crippen LogP contribution >= 0.6 is 0 Å². The zero-order valence-electron chi connectivity index (χ0n) is 18.3. The lowest BCUT2D eigenvalue weighted by atomic mass is 9.81. The van der Waals surface area contributed by atoms with Crippen LogP contribution in [0.1, 0.15) is 24.0 Å². The lowest BCUT2D eigenvalue weighted by Crippen LogP contribution is -2.47. The maximum atomic E-state index is 13.4. The molecule has 1 aliphatic heterocycles. The molecule has 0 bridgehead atoms. The van der Waals surface area contributed by atoms with Gasteiger partial charge in [-0.3, -0.25) is 18.8 Å². The van der Waals surface area contributed by atoms with Crippen molar-refractivity contribution >= 4 is 10.9 Å². The second kappa shape index (κ2) is 8.50. The lowest BCUT2D eigenvalue weighted by Gasteiger charge is -2.35. The van der Waals surface area contributed by atoms with E-state index in [4.69, 9.17) is 0 Å². The molecule has 6 nitrogen and oxygen atoms in total. The second-order valence-electron chi connectivity index (χ2n) is 9.36. The maximum absolute atomic E-state index is 13.4. The van der Waals surface area contributed by atoms with Gasteiger partial charge in [-0.25, -0.2) is 13.6 Å². The molecule has 1 aromatic heterocycles. The van der Waals surface area contributed by atoms with E-state index in [-0.39, 0.29) is 31.8 Å². The molecule has 0 unspecified atom stereocenters. The molecule has 0 radical (unpaired) electrons. The first kappa shape index (κ1) is 22.0. The van der Waals surface area contributed by atoms with Crippen LogP contribution in [0.5, 0.6) is 0 Å². The largest absolute Gasteiger partial charge is 0.390 e. The smallest absolute Gasteiger partial charge is 0.331 e. The molecule has 2 heterocycles. The lowest BCUT2D eigenvalue weighted by molar-refractivity contribution is -0.114. The summed E-state index contributed by atoms with van der Waals surface area (Å²) >= 11 is 0. The molecule has 33 heavy (non-hydrogen) atoms. The molecule has 2 aromatic carbocycles. The Morgan fingerprint density at radius 2 is 1.67 bits per heavy atom. The van der Waals surface area contributed by atoms with Crippen LogP contribution in [0.4, 0.5) is 8.78 Å². The van der Waals surface area contributed by atoms with Gasteiger partial charge in [0.15, 0.2) is 0 Å². The summed E-state index contributed by atoms with van der Waals surface area (Å²) in [6.07, 6.45) is -0.543. The zero-order chi connectivity index (χ0) is 23.2. The van der Waals surface area contributed by atoms with Gasteiger partial charge >= 0.3 is 5.69 Å². The predicted octanol–water partition coefficient (Wildman–Crippen LogP) is 2.63. The zero-order valence-corrected chi connectivity index (χ0v) is 18.3. The van der Waals surface area contributed by atoms with Crippen molar-refractivity contribution in [3.63, 3.8) is 0 Å². The number of halogens is 2. The molecule has 1 N–H and O–H groups in total. The van der Waals surface area contributed by atoms with Crippen LogP contribution in [0.15, 0.2) is 58.1 Å². The highest BCUT2D eigenvalue weighted by molar-refractivity contribution is 5.77. The average Bonchev–Trinajstić information content (AvgIpc) is 2.78. The summed E-state index contributed by atoms with van der Waals surface area (Å²) in [6.45, 7) is 1.83. The number of hydrogen-bond acceptors (Lipinski definition) is 4. The summed E-state index contributed by atoms with van der Waals surface area (Å²) in [5, 5.41) is 11.1. The summed E-state index contributed by atoms with van der Waals surface area (Å²) in [4.78, 5) is 28.4. The first-order valence-corrected chi connectivity index (χ1v) is 11.4. The number of para-hydroxylation sites is 1. The minimum Gasteiger partial charge on any atom is -0.390 e. The molecule has 5 rings (SSSR count). The van der Waals surface area contributed by atoms with Gasteiger partial charge in [0.2, 0.25) is 5.92 Å². The quantitative estimate of drug-likeness (QED) is 0.621. The maximum Gasteiger partial charge on any atom is 0.331 e. The number of rotatable bonds is 6. The third kappa shape index (κ3) is 4.37. The number of aliphatic hydroxyl groups is 1. The molecule has 8 heteroatoms. The second-order valence-corrected chi connectivity index (χ2v) is 9.36. The molecule has 0 spiro atoms. The number of alkyl halides is 2. The molecule has 1 fully saturated rings. The first-order valence-electron chi connectivity index (χ1n) is 11.4. The fourth-order valence-electron chi connectivity index (χ4n) is 5.16. The monoisotopic (exact) mass is 455 g/mol. The van der Waals surface area contributed by atoms with Crippen LogP contribution in [-0.4, -0.2) is 44.3 Å². The van der Waals surface area contributed by atoms with Crippen LogP contribution in [-0.2, 0) is 26.1 Å². The van der Waals surface area contributed by atoms with Gasteiger partial charge in [0, 0.05) is 39.0 Å². The van der Waals surface area contributed by atoms with Crippen LogP contribution in [0.3, 0.4) is 0 Å². The Morgan fingerprint density at radius 3 is 2.42 bits per heavy atom. The van der Waals surface area contributed by atoms with Crippen molar-refractivity contribution in [2.24, 2.45) is 5.92 Å². The van der Waals surface area contributed by atoms with Gasteiger partial charge in [-0.2, -0.15) is 0 Å². The van der Waals surface area contributed by atoms with Crippen molar-refractivity contribution in [3.8, 4) is 0 Å². The van der Waals surface area contributed by atoms with Gasteiger partial charge in [0.25, 0.3) is 5.56 Å². The number of hydrogen-bond donors (Lipinski definition) is 1. The van der Waals surface area contributed by atoms with Gasteiger partial charge in [0.05, 0.1) is 23.6 Å². The van der Waals surface area contributed by atoms with E-state index in [1.165, 1.54) is 15.7 Å². The molecular formula is C25H27F2N3O3. The normalized spacial score (nSPS) is 19.2. The van der Waals surface area contributed by atoms with E-state index >= 15 is 0 Å². The van der Waals surface area contributed by atoms with Crippen LogP contribution in [0, 0.1) is 5.92 Å². The minimum atomic E-state index is -2.68. The SMILES string of the molecule is O=c1c2ccccc2n(CC2CC(F)(F)C2)c(=O)n1C[C@H](O)CN1CCc2ccccc2C1. The van der Waals surface area contributed by atoms with E-state index in [1.807, 2.05) is 12.1 Å². The van der Waals surface area contributed by atoms with Crippen LogP contribution in [0.25, 0.3) is 10.9 Å². The number of nitrogens with zero attached hydrogens (tertiary/aromatic N) is 3. The summed E-state index contributed by atoms with van der Waals surface area (Å²) in [5.41, 5.74) is 1.95. The third-order valence-electron chi connectivity index (χ3n) is 6.82. The number of fused-ring (bicyclic) bond motifs is 2. The Bertz CT molecular complexity index is 1290. The van der Waals surface area contributed by atoms with E-state index < -0.39 is 23.3 Å². The standard InChI is InChI=1S/C25H27F2N3O3/c26-25(27)11-17(12-25)13-29-22-8-4-3-7-21(22)23(32)30(24(29)33)16-20(31)15-28-10-9-18-5-1-2-6-19(18)14-28/h1-8,17,20,31H,9-16H2/t20-/m1/s1. The molecule has 2 aliphatic rings. The highest BCUT2D eigenvalue weighted by Crippen LogP contribution is 2.43. The molecule has 0 saturated heterocycles. The molecule has 174 valence electrons. The van der Waals surface area contributed by atoms with Gasteiger partial charge in [-0.15, -0.1) is 0 Å². The molecular weight excluding hydrogens is 428 g/mol. The minimum absolute atomic E-state index is 0.133. The number of benzene rings is 2. The van der Waals surface area contributed by atoms with Crippen molar-refractivity contribution in [1.29, 1.82) is 0 Å². The van der Waals surface area contributed by atoms with Gasteiger partial charge in [-0.1, -0.05) is 36.4 Å². The number of aliphatic hydroxyl groups excluding tert-OH is 1. The molecule has 1 saturated carbocycles. The van der Waals surface area contributed by atoms with E-state index in [0.717, 1.165) is 17.5 Å². The van der Waals surface area contributed by atoms with Gasteiger partial charge in [0.1, 0.15) is 0 Å². The van der Waals surface area contributed by atoms with E-state index in [1.54, 1.807) is 24.3 Å². The molecule has 0 amide bonds. The van der Waals surface area contributed by atoms with Gasteiger partial charge in [-0.05, 0) is 35.6 Å². The number of β-amino-alcohol motifs (C(OH)–C–C–N with tert-alkyl or cyclic N) is 1. The van der Waals surface area contributed by atoms with Crippen molar-refractivity contribution in [1.82, 2.24) is 14.0 Å². The van der Waals surface area contributed by atoms with Crippen LogP contribution < -0.4 is 11.2 Å². The Kier molecular flexibility index (Phi) is 5.66. The van der Waals surface area contributed by atoms with E-state index in [2.05, 4.69) is 17.0 Å². The summed E-state index contributed by atoms with van der Waals surface area (Å²) in [5.74, 6) is -2.99. The topological polar surface area (TPSA) is 67.5 Å². The summed E-state index contributed by atoms with van der Waals surface area (Å²) in [6, 6.07) is 14.9. The van der Waals surface area contributed by atoms with Crippen molar-refractivity contribution < 1.29 is 13.9 Å². The fourth-order valence-corrected chi connectivity index (χ4v) is 5.16. The van der Waals surface area contributed by atoms with E-state index in [0.29, 0.717) is 24.0 Å². The fraction of sp³-hybridized carbons (Fsp3) is 0.440. The Balaban J connectivity index is 1.38. The number of aromatic nitrogens is 2. The Morgan fingerprint density at radius 1 is 0.970 bits per heavy atom. The molecule has 1 atom stereocenters. The van der Waals surface area contributed by atoms with Crippen LogP contribution in [0.2, 0.25) is 0 Å². The molecule has 1 aliphatic carbocycles. The van der Waals surface area contributed by atoms with Gasteiger partial charge < -0.3 is 5.11 Å². The van der Waals surface area contributed by atoms with Crippen molar-refractivity contribution in [2.45, 2.75) is 50.9 Å². The third-order valence-corrected chi connectivity index (χ3v) is 6.82. The van der Waals surface area contributed by atoms with Crippen molar-refractivity contribution in [2.75, 3.05) is 13.1 Å². The van der Waals surface area contributed by atoms with E-state index in [9.17, 15) is 23.5 Å². The first-order chi connectivity index (χ1) is 15.8. The summed E-state index contributed by atoms with van der Waals surface area (Å²) in [7, 11) is 0. The molecule has 3 aromatic rings. The highest BCUT2D eigenvalue weighted by Gasteiger charge is 2.45. The Hall–Kier alpha value is -2.84. The Labute approximate surface area is 189 Å². The average molecular weight is 456 g/mol. The predicted molar refractivity (Wildman–Crippen MR) is 122 cm³/mol. The highest BCUT2D eigenvalue weighted by atomic mass is 19.3. The summed E-state index contributed by atoms with van der Waals surface area (Å²) < 4.78 is 29.2.